The molecule has 3 nitrogen and oxygen atoms in total. The molecule has 0 bridgehead atoms. The molecule has 2 rings (SSSR count). The van der Waals surface area contributed by atoms with Gasteiger partial charge in [0, 0.05) is 4.88 Å². The van der Waals surface area contributed by atoms with Gasteiger partial charge in [0.25, 0.3) is 0 Å². The van der Waals surface area contributed by atoms with Crippen molar-refractivity contribution in [3.63, 3.8) is 0 Å². The van der Waals surface area contributed by atoms with Crippen LogP contribution < -0.4 is 0 Å². The number of allylic oxidation sites excluding steroid dienone is 2. The van der Waals surface area contributed by atoms with Crippen LogP contribution in [0, 0.1) is 5.92 Å². The van der Waals surface area contributed by atoms with Crippen LogP contribution in [0.4, 0.5) is 0 Å². The van der Waals surface area contributed by atoms with Gasteiger partial charge in [-0.05, 0) is 36.6 Å². The van der Waals surface area contributed by atoms with E-state index < -0.39 is 12.1 Å². The lowest BCUT2D eigenvalue weighted by atomic mass is 9.88. The molecule has 0 radical (unpaired) electrons. The fourth-order valence-electron chi connectivity index (χ4n) is 2.04. The van der Waals surface area contributed by atoms with Gasteiger partial charge in [0.2, 0.25) is 0 Å². The van der Waals surface area contributed by atoms with Crippen molar-refractivity contribution in [1.82, 2.24) is 0 Å². The number of hydrogen-bond donors (Lipinski definition) is 2. The summed E-state index contributed by atoms with van der Waals surface area (Å²) in [6.07, 6.45) is 6.25. The van der Waals surface area contributed by atoms with Crippen LogP contribution >= 0.6 is 11.3 Å². The van der Waals surface area contributed by atoms with Crippen LogP contribution in [-0.4, -0.2) is 16.2 Å². The molecule has 1 heterocycles. The lowest BCUT2D eigenvalue weighted by Gasteiger charge is -2.23. The molecule has 0 saturated carbocycles. The second kappa shape index (κ2) is 4.80. The predicted molar refractivity (Wildman–Crippen MR) is 62.7 cm³/mol. The van der Waals surface area contributed by atoms with Gasteiger partial charge in [-0.1, -0.05) is 12.2 Å². The van der Waals surface area contributed by atoms with E-state index in [9.17, 15) is 9.90 Å². The maximum absolute atomic E-state index is 11.0. The van der Waals surface area contributed by atoms with Gasteiger partial charge in [0.05, 0.1) is 11.7 Å². The number of rotatable bonds is 3. The molecule has 0 fully saturated rings. The SMILES string of the molecule is O=C(O)c1ccsc1C(O)C1CC=CCC1. The molecule has 2 unspecified atom stereocenters. The van der Waals surface area contributed by atoms with Crippen LogP contribution in [0.2, 0.25) is 0 Å². The van der Waals surface area contributed by atoms with Crippen molar-refractivity contribution in [2.24, 2.45) is 5.92 Å². The molecule has 0 spiro atoms. The largest absolute Gasteiger partial charge is 0.478 e. The second-order valence-corrected chi connectivity index (χ2v) is 4.94. The summed E-state index contributed by atoms with van der Waals surface area (Å²) in [5, 5.41) is 20.9. The van der Waals surface area contributed by atoms with Gasteiger partial charge in [0.1, 0.15) is 0 Å². The number of carbonyl (C=O) groups is 1. The Labute approximate surface area is 98.0 Å². The van der Waals surface area contributed by atoms with Crippen LogP contribution in [0.1, 0.15) is 40.6 Å². The zero-order valence-electron chi connectivity index (χ0n) is 8.80. The molecule has 4 heteroatoms. The fourth-order valence-corrected chi connectivity index (χ4v) is 3.01. The van der Waals surface area contributed by atoms with E-state index in [2.05, 4.69) is 12.2 Å². The standard InChI is InChI=1S/C12H14O3S/c13-10(8-4-2-1-3-5-8)11-9(12(14)15)6-7-16-11/h1-2,6-8,10,13H,3-5H2,(H,14,15). The molecule has 1 aliphatic carbocycles. The lowest BCUT2D eigenvalue weighted by molar-refractivity contribution is 0.0678. The molecule has 0 aliphatic heterocycles. The molecule has 1 aliphatic rings. The van der Waals surface area contributed by atoms with E-state index in [1.165, 1.54) is 11.3 Å². The number of aliphatic hydroxyl groups excluding tert-OH is 1. The summed E-state index contributed by atoms with van der Waals surface area (Å²) in [6.45, 7) is 0. The van der Waals surface area contributed by atoms with Gasteiger partial charge in [-0.2, -0.15) is 0 Å². The first-order valence-corrected chi connectivity index (χ1v) is 6.22. The summed E-state index contributed by atoms with van der Waals surface area (Å²) in [5.74, 6) is -0.802. The Hall–Kier alpha value is -1.13. The smallest absolute Gasteiger partial charge is 0.336 e. The highest BCUT2D eigenvalue weighted by atomic mass is 32.1. The summed E-state index contributed by atoms with van der Waals surface area (Å²) < 4.78 is 0. The molecule has 2 N–H and O–H groups in total. The van der Waals surface area contributed by atoms with Gasteiger partial charge in [-0.15, -0.1) is 11.3 Å². The molecule has 0 amide bonds. The van der Waals surface area contributed by atoms with Gasteiger partial charge < -0.3 is 10.2 Å². The van der Waals surface area contributed by atoms with Crippen molar-refractivity contribution in [3.05, 3.63) is 34.0 Å². The average molecular weight is 238 g/mol. The third kappa shape index (κ3) is 2.18. The van der Waals surface area contributed by atoms with E-state index in [0.717, 1.165) is 19.3 Å². The molecular weight excluding hydrogens is 224 g/mol. The lowest BCUT2D eigenvalue weighted by Crippen LogP contribution is -2.15. The van der Waals surface area contributed by atoms with E-state index in [0.29, 0.717) is 4.88 Å². The topological polar surface area (TPSA) is 57.5 Å². The minimum Gasteiger partial charge on any atom is -0.478 e. The van der Waals surface area contributed by atoms with Crippen molar-refractivity contribution in [1.29, 1.82) is 0 Å². The number of carboxylic acid groups (broad SMARTS) is 1. The normalized spacial score (nSPS) is 21.9. The van der Waals surface area contributed by atoms with Crippen LogP contribution in [0.25, 0.3) is 0 Å². The molecular formula is C12H14O3S. The van der Waals surface area contributed by atoms with Gasteiger partial charge >= 0.3 is 5.97 Å². The van der Waals surface area contributed by atoms with Crippen molar-refractivity contribution >= 4 is 17.3 Å². The Kier molecular flexibility index (Phi) is 3.41. The highest BCUT2D eigenvalue weighted by Gasteiger charge is 2.26. The zero-order chi connectivity index (χ0) is 11.5. The van der Waals surface area contributed by atoms with E-state index in [1.54, 1.807) is 11.4 Å². The number of carboxylic acids is 1. The minimum atomic E-state index is -0.957. The van der Waals surface area contributed by atoms with Crippen molar-refractivity contribution < 1.29 is 15.0 Å². The Bertz CT molecular complexity index is 408. The second-order valence-electron chi connectivity index (χ2n) is 3.99. The maximum Gasteiger partial charge on any atom is 0.336 e. The fraction of sp³-hybridized carbons (Fsp3) is 0.417. The van der Waals surface area contributed by atoms with Gasteiger partial charge in [-0.3, -0.25) is 0 Å². The third-order valence-electron chi connectivity index (χ3n) is 2.95. The van der Waals surface area contributed by atoms with E-state index >= 15 is 0 Å². The van der Waals surface area contributed by atoms with Crippen LogP contribution in [-0.2, 0) is 0 Å². The zero-order valence-corrected chi connectivity index (χ0v) is 9.61. The summed E-state index contributed by atoms with van der Waals surface area (Å²) in [5.41, 5.74) is 0.243. The number of aliphatic hydroxyl groups is 1. The first kappa shape index (κ1) is 11.4. The van der Waals surface area contributed by atoms with Crippen LogP contribution in [0.5, 0.6) is 0 Å². The number of hydrogen-bond acceptors (Lipinski definition) is 3. The molecule has 16 heavy (non-hydrogen) atoms. The van der Waals surface area contributed by atoms with Crippen molar-refractivity contribution in [2.45, 2.75) is 25.4 Å². The Balaban J connectivity index is 2.19. The van der Waals surface area contributed by atoms with E-state index in [1.807, 2.05) is 0 Å². The van der Waals surface area contributed by atoms with Crippen LogP contribution in [0.3, 0.4) is 0 Å². The van der Waals surface area contributed by atoms with Crippen molar-refractivity contribution in [3.8, 4) is 0 Å². The highest BCUT2D eigenvalue weighted by Crippen LogP contribution is 2.35. The number of thiophene rings is 1. The first-order chi connectivity index (χ1) is 7.70. The highest BCUT2D eigenvalue weighted by molar-refractivity contribution is 7.10. The Morgan fingerprint density at radius 2 is 2.31 bits per heavy atom. The van der Waals surface area contributed by atoms with E-state index in [-0.39, 0.29) is 11.5 Å². The van der Waals surface area contributed by atoms with Crippen LogP contribution in [0.15, 0.2) is 23.6 Å². The van der Waals surface area contributed by atoms with Gasteiger partial charge in [0.15, 0.2) is 0 Å². The molecule has 0 saturated heterocycles. The van der Waals surface area contributed by atoms with E-state index in [4.69, 9.17) is 5.11 Å². The quantitative estimate of drug-likeness (QED) is 0.796. The monoisotopic (exact) mass is 238 g/mol. The summed E-state index contributed by atoms with van der Waals surface area (Å²) in [7, 11) is 0. The molecule has 0 aromatic carbocycles. The molecule has 1 aromatic heterocycles. The minimum absolute atomic E-state index is 0.154. The number of aromatic carboxylic acids is 1. The molecule has 86 valence electrons. The summed E-state index contributed by atoms with van der Waals surface area (Å²) in [6, 6.07) is 1.56. The summed E-state index contributed by atoms with van der Waals surface area (Å²) in [4.78, 5) is 11.5. The van der Waals surface area contributed by atoms with Crippen molar-refractivity contribution in [2.75, 3.05) is 0 Å². The average Bonchev–Trinajstić information content (AvgIpc) is 2.78. The Morgan fingerprint density at radius 3 is 2.94 bits per heavy atom. The molecule has 1 aromatic rings. The first-order valence-electron chi connectivity index (χ1n) is 5.34. The molecule has 2 atom stereocenters. The Morgan fingerprint density at radius 1 is 1.50 bits per heavy atom. The predicted octanol–water partition coefficient (Wildman–Crippen LogP) is 2.84. The van der Waals surface area contributed by atoms with Gasteiger partial charge in [-0.25, -0.2) is 4.79 Å². The summed E-state index contributed by atoms with van der Waals surface area (Å²) >= 11 is 1.32. The maximum atomic E-state index is 11.0. The third-order valence-corrected chi connectivity index (χ3v) is 3.94.